The summed E-state index contributed by atoms with van der Waals surface area (Å²) in [5.41, 5.74) is 1.66. The molecule has 4 nitrogen and oxygen atoms in total. The Morgan fingerprint density at radius 3 is 2.61 bits per heavy atom. The fourth-order valence-electron chi connectivity index (χ4n) is 3.43. The Bertz CT molecular complexity index is 620. The van der Waals surface area contributed by atoms with E-state index in [2.05, 4.69) is 25.8 Å². The van der Waals surface area contributed by atoms with Crippen molar-refractivity contribution in [2.75, 3.05) is 13.1 Å². The summed E-state index contributed by atoms with van der Waals surface area (Å²) in [6, 6.07) is 0. The lowest BCUT2D eigenvalue weighted by atomic mass is 9.89. The van der Waals surface area contributed by atoms with Crippen LogP contribution in [0.1, 0.15) is 63.6 Å². The third-order valence-corrected chi connectivity index (χ3v) is 5.73. The summed E-state index contributed by atoms with van der Waals surface area (Å²) < 4.78 is 0. The molecular formula is C18H27N3OS. The normalized spacial score (nSPS) is 20.7. The lowest BCUT2D eigenvalue weighted by Gasteiger charge is -2.28. The second-order valence-corrected chi connectivity index (χ2v) is 8.70. The number of thiazole rings is 1. The topological polar surface area (TPSA) is 60.2 Å². The van der Waals surface area contributed by atoms with Crippen LogP contribution in [0.2, 0.25) is 0 Å². The molecule has 2 aliphatic rings. The number of rotatable bonds is 3. The molecule has 0 aromatic carbocycles. The van der Waals surface area contributed by atoms with Crippen LogP contribution in [0.5, 0.6) is 0 Å². The Hall–Kier alpha value is -1.36. The Kier molecular flexibility index (Phi) is 4.50. The van der Waals surface area contributed by atoms with Crippen molar-refractivity contribution in [3.63, 3.8) is 0 Å². The van der Waals surface area contributed by atoms with Gasteiger partial charge in [0.25, 0.3) is 0 Å². The van der Waals surface area contributed by atoms with E-state index in [4.69, 9.17) is 5.41 Å². The van der Waals surface area contributed by atoms with Gasteiger partial charge in [0.05, 0.1) is 17.8 Å². The van der Waals surface area contributed by atoms with Crippen LogP contribution in [0.4, 0.5) is 0 Å². The Morgan fingerprint density at radius 1 is 1.30 bits per heavy atom. The number of aromatic nitrogens is 1. The minimum absolute atomic E-state index is 0.00644. The molecule has 2 heterocycles. The second kappa shape index (κ2) is 6.27. The molecule has 1 aromatic rings. The van der Waals surface area contributed by atoms with Gasteiger partial charge in [0.1, 0.15) is 16.6 Å². The summed E-state index contributed by atoms with van der Waals surface area (Å²) in [6.07, 6.45) is 6.47. The maximum absolute atomic E-state index is 10.4. The molecule has 3 rings (SSSR count). The first-order chi connectivity index (χ1) is 10.9. The van der Waals surface area contributed by atoms with Gasteiger partial charge < -0.3 is 10.0 Å². The number of aliphatic hydroxyl groups is 1. The van der Waals surface area contributed by atoms with Gasteiger partial charge in [0.15, 0.2) is 0 Å². The molecule has 126 valence electrons. The van der Waals surface area contributed by atoms with E-state index in [0.29, 0.717) is 29.6 Å². The molecule has 0 unspecified atom stereocenters. The lowest BCUT2D eigenvalue weighted by Crippen LogP contribution is -2.32. The number of nitrogens with one attached hydrogen (secondary N) is 1. The highest BCUT2D eigenvalue weighted by Crippen LogP contribution is 2.34. The number of aliphatic hydroxyl groups excluding tert-OH is 1. The largest absolute Gasteiger partial charge is 0.510 e. The molecule has 1 aromatic heterocycles. The molecule has 1 aliphatic heterocycles. The summed E-state index contributed by atoms with van der Waals surface area (Å²) in [7, 11) is 0. The second-order valence-electron chi connectivity index (χ2n) is 7.84. The summed E-state index contributed by atoms with van der Waals surface area (Å²) in [4.78, 5) is 6.71. The van der Waals surface area contributed by atoms with E-state index >= 15 is 0 Å². The van der Waals surface area contributed by atoms with Gasteiger partial charge in [0, 0.05) is 17.3 Å². The van der Waals surface area contributed by atoms with Gasteiger partial charge in [-0.2, -0.15) is 0 Å². The van der Waals surface area contributed by atoms with Crippen molar-refractivity contribution < 1.29 is 5.11 Å². The van der Waals surface area contributed by atoms with Crippen molar-refractivity contribution in [2.45, 2.75) is 58.3 Å². The van der Waals surface area contributed by atoms with E-state index in [1.165, 1.54) is 43.4 Å². The molecule has 1 aliphatic carbocycles. The first-order valence-corrected chi connectivity index (χ1v) is 9.46. The third kappa shape index (κ3) is 3.44. The SMILES string of the molecule is CC(C)(C)c1csc(C2=C(O)CN(CC3CCCCC3)C2=N)n1. The molecule has 0 spiro atoms. The van der Waals surface area contributed by atoms with E-state index in [0.717, 1.165) is 17.2 Å². The first-order valence-electron chi connectivity index (χ1n) is 8.58. The smallest absolute Gasteiger partial charge is 0.135 e. The van der Waals surface area contributed by atoms with Crippen LogP contribution in [0, 0.1) is 11.3 Å². The zero-order valence-electron chi connectivity index (χ0n) is 14.4. The number of nitrogens with zero attached hydrogens (tertiary/aromatic N) is 2. The van der Waals surface area contributed by atoms with Crippen molar-refractivity contribution in [1.82, 2.24) is 9.88 Å². The zero-order valence-corrected chi connectivity index (χ0v) is 15.2. The summed E-state index contributed by atoms with van der Waals surface area (Å²) >= 11 is 1.53. The highest BCUT2D eigenvalue weighted by molar-refractivity contribution is 7.11. The van der Waals surface area contributed by atoms with Gasteiger partial charge in [-0.3, -0.25) is 5.41 Å². The van der Waals surface area contributed by atoms with E-state index < -0.39 is 0 Å². The summed E-state index contributed by atoms with van der Waals surface area (Å²) in [5.74, 6) is 1.42. The predicted octanol–water partition coefficient (Wildman–Crippen LogP) is 4.58. The number of hydrogen-bond donors (Lipinski definition) is 2. The van der Waals surface area contributed by atoms with Crippen molar-refractivity contribution >= 4 is 22.7 Å². The molecule has 2 N–H and O–H groups in total. The van der Waals surface area contributed by atoms with Crippen LogP contribution >= 0.6 is 11.3 Å². The molecule has 5 heteroatoms. The van der Waals surface area contributed by atoms with E-state index in [-0.39, 0.29) is 5.41 Å². The molecule has 0 atom stereocenters. The van der Waals surface area contributed by atoms with Gasteiger partial charge >= 0.3 is 0 Å². The standard InChI is InChI=1S/C18H27N3OS/c1-18(2,3)14-11-23-17(20-14)15-13(22)10-21(16(15)19)9-12-7-5-4-6-8-12/h11-12,19,22H,4-10H2,1-3H3. The first kappa shape index (κ1) is 16.5. The van der Waals surface area contributed by atoms with Crippen molar-refractivity contribution in [1.29, 1.82) is 5.41 Å². The van der Waals surface area contributed by atoms with E-state index in [1.807, 2.05) is 10.3 Å². The maximum atomic E-state index is 10.4. The van der Waals surface area contributed by atoms with Crippen LogP contribution in [-0.2, 0) is 5.41 Å². The zero-order chi connectivity index (χ0) is 16.6. The molecule has 23 heavy (non-hydrogen) atoms. The molecular weight excluding hydrogens is 306 g/mol. The maximum Gasteiger partial charge on any atom is 0.135 e. The van der Waals surface area contributed by atoms with Gasteiger partial charge in [-0.15, -0.1) is 11.3 Å². The Balaban J connectivity index is 1.74. The fraction of sp³-hybridized carbons (Fsp3) is 0.667. The van der Waals surface area contributed by atoms with Crippen molar-refractivity contribution in [2.24, 2.45) is 5.92 Å². The van der Waals surface area contributed by atoms with Crippen LogP contribution in [0.25, 0.3) is 5.57 Å². The van der Waals surface area contributed by atoms with Crippen molar-refractivity contribution in [3.05, 3.63) is 21.8 Å². The van der Waals surface area contributed by atoms with E-state index in [9.17, 15) is 5.11 Å². The summed E-state index contributed by atoms with van der Waals surface area (Å²) in [6.45, 7) is 7.76. The number of amidine groups is 1. The molecule has 0 bridgehead atoms. The molecule has 0 radical (unpaired) electrons. The van der Waals surface area contributed by atoms with Gasteiger partial charge in [-0.1, -0.05) is 40.0 Å². The van der Waals surface area contributed by atoms with Crippen LogP contribution < -0.4 is 0 Å². The molecule has 1 fully saturated rings. The lowest BCUT2D eigenvalue weighted by molar-refractivity contribution is 0.268. The van der Waals surface area contributed by atoms with Gasteiger partial charge in [-0.05, 0) is 18.8 Å². The molecule has 1 saturated carbocycles. The molecule has 0 amide bonds. The monoisotopic (exact) mass is 333 g/mol. The van der Waals surface area contributed by atoms with Gasteiger partial charge in [0.2, 0.25) is 0 Å². The minimum atomic E-state index is -0.00644. The average Bonchev–Trinajstić information content (AvgIpc) is 3.06. The Labute approximate surface area is 142 Å². The Morgan fingerprint density at radius 2 is 2.00 bits per heavy atom. The fourth-order valence-corrected chi connectivity index (χ4v) is 4.54. The highest BCUT2D eigenvalue weighted by Gasteiger charge is 2.32. The van der Waals surface area contributed by atoms with Crippen molar-refractivity contribution in [3.8, 4) is 0 Å². The average molecular weight is 334 g/mol. The highest BCUT2D eigenvalue weighted by atomic mass is 32.1. The minimum Gasteiger partial charge on any atom is -0.510 e. The number of hydrogen-bond acceptors (Lipinski definition) is 4. The molecule has 0 saturated heterocycles. The summed E-state index contributed by atoms with van der Waals surface area (Å²) in [5, 5.41) is 21.7. The van der Waals surface area contributed by atoms with Crippen LogP contribution in [0.3, 0.4) is 0 Å². The predicted molar refractivity (Wildman–Crippen MR) is 96.2 cm³/mol. The quantitative estimate of drug-likeness (QED) is 0.851. The third-order valence-electron chi connectivity index (χ3n) is 4.87. The van der Waals surface area contributed by atoms with Gasteiger partial charge in [-0.25, -0.2) is 4.98 Å². The van der Waals surface area contributed by atoms with E-state index in [1.54, 1.807) is 0 Å². The van der Waals surface area contributed by atoms with Crippen LogP contribution in [0.15, 0.2) is 11.1 Å². The van der Waals surface area contributed by atoms with Crippen LogP contribution in [-0.4, -0.2) is 33.9 Å².